The Morgan fingerprint density at radius 2 is 1.79 bits per heavy atom. The molecule has 0 spiro atoms. The summed E-state index contributed by atoms with van der Waals surface area (Å²) in [7, 11) is -3.81. The molecule has 1 saturated carbocycles. The van der Waals surface area contributed by atoms with Gasteiger partial charge in [-0.15, -0.1) is 0 Å². The number of piperidine rings is 1. The van der Waals surface area contributed by atoms with Crippen LogP contribution in [0.3, 0.4) is 0 Å². The molecule has 2 aliphatic heterocycles. The SMILES string of the molecule is CC(C)OC(=O)N1CCC(ONC2=CCN(c3cc(F)c(S(=O)(=O)C4CC4)cc3F)CC2)CC1. The van der Waals surface area contributed by atoms with Crippen molar-refractivity contribution in [1.29, 1.82) is 0 Å². The third-order valence-corrected chi connectivity index (χ3v) is 8.49. The van der Waals surface area contributed by atoms with Crippen LogP contribution in [0, 0.1) is 11.6 Å². The second-order valence-corrected chi connectivity index (χ2v) is 11.4. The third kappa shape index (κ3) is 5.63. The molecule has 1 N–H and O–H groups in total. The van der Waals surface area contributed by atoms with Crippen molar-refractivity contribution in [2.75, 3.05) is 31.1 Å². The maximum Gasteiger partial charge on any atom is 0.410 e. The number of nitrogens with zero attached hydrogens (tertiary/aromatic N) is 2. The number of nitrogens with one attached hydrogen (secondary N) is 1. The molecule has 0 bridgehead atoms. The molecule has 8 nitrogen and oxygen atoms in total. The van der Waals surface area contributed by atoms with Gasteiger partial charge in [-0.05, 0) is 51.7 Å². The van der Waals surface area contributed by atoms with Gasteiger partial charge in [-0.1, -0.05) is 0 Å². The second-order valence-electron chi connectivity index (χ2n) is 9.24. The van der Waals surface area contributed by atoms with Crippen LogP contribution in [0.15, 0.2) is 28.8 Å². The number of carbonyl (C=O) groups is 1. The molecule has 1 aromatic carbocycles. The first-order chi connectivity index (χ1) is 16.1. The Hall–Kier alpha value is -2.40. The summed E-state index contributed by atoms with van der Waals surface area (Å²) in [5.41, 5.74) is 3.85. The van der Waals surface area contributed by atoms with E-state index in [-0.39, 0.29) is 24.0 Å². The Morgan fingerprint density at radius 3 is 2.38 bits per heavy atom. The topological polar surface area (TPSA) is 88.2 Å². The highest BCUT2D eigenvalue weighted by atomic mass is 32.2. The fourth-order valence-corrected chi connectivity index (χ4v) is 5.82. The molecular formula is C23H31F2N3O5S. The average Bonchev–Trinajstić information content (AvgIpc) is 3.65. The zero-order valence-electron chi connectivity index (χ0n) is 19.4. The highest BCUT2D eigenvalue weighted by Crippen LogP contribution is 2.36. The number of anilines is 1. The quantitative estimate of drug-likeness (QED) is 0.575. The van der Waals surface area contributed by atoms with E-state index < -0.39 is 31.6 Å². The van der Waals surface area contributed by atoms with E-state index in [0.717, 1.165) is 17.8 Å². The van der Waals surface area contributed by atoms with E-state index >= 15 is 0 Å². The van der Waals surface area contributed by atoms with Gasteiger partial charge >= 0.3 is 6.09 Å². The Bertz CT molecular complexity index is 1050. The predicted molar refractivity (Wildman–Crippen MR) is 122 cm³/mol. The number of hydroxylamine groups is 1. The van der Waals surface area contributed by atoms with Crippen molar-refractivity contribution in [2.45, 2.75) is 68.3 Å². The Labute approximate surface area is 198 Å². The number of amides is 1. The summed E-state index contributed by atoms with van der Waals surface area (Å²) in [5.74, 6) is -1.66. The van der Waals surface area contributed by atoms with Crippen LogP contribution in [0.25, 0.3) is 0 Å². The maximum atomic E-state index is 14.7. The predicted octanol–water partition coefficient (Wildman–Crippen LogP) is 3.53. The summed E-state index contributed by atoms with van der Waals surface area (Å²) < 4.78 is 59.1. The highest BCUT2D eigenvalue weighted by molar-refractivity contribution is 7.92. The van der Waals surface area contributed by atoms with Gasteiger partial charge in [0.1, 0.15) is 16.5 Å². The van der Waals surface area contributed by atoms with Crippen molar-refractivity contribution in [1.82, 2.24) is 10.4 Å². The lowest BCUT2D eigenvalue weighted by molar-refractivity contribution is -0.0415. The highest BCUT2D eigenvalue weighted by Gasteiger charge is 2.39. The molecule has 0 radical (unpaired) electrons. The van der Waals surface area contributed by atoms with Crippen molar-refractivity contribution >= 4 is 21.6 Å². The minimum absolute atomic E-state index is 0.0455. The van der Waals surface area contributed by atoms with E-state index in [0.29, 0.717) is 58.3 Å². The van der Waals surface area contributed by atoms with Crippen LogP contribution in [0.5, 0.6) is 0 Å². The first-order valence-electron chi connectivity index (χ1n) is 11.7. The van der Waals surface area contributed by atoms with Crippen LogP contribution >= 0.6 is 0 Å². The van der Waals surface area contributed by atoms with Gasteiger partial charge in [-0.25, -0.2) is 22.0 Å². The number of ether oxygens (including phenoxy) is 1. The molecule has 1 saturated heterocycles. The molecule has 0 aromatic heterocycles. The number of likely N-dealkylation sites (tertiary alicyclic amines) is 1. The summed E-state index contributed by atoms with van der Waals surface area (Å²) in [6.07, 6.45) is 4.20. The van der Waals surface area contributed by atoms with Gasteiger partial charge < -0.3 is 14.5 Å². The Morgan fingerprint density at radius 1 is 1.09 bits per heavy atom. The number of benzene rings is 1. The molecule has 4 rings (SSSR count). The summed E-state index contributed by atoms with van der Waals surface area (Å²) in [6.45, 7) is 5.50. The number of hydrogen-bond acceptors (Lipinski definition) is 7. The molecule has 3 aliphatic rings. The number of halogens is 2. The number of sulfone groups is 1. The fourth-order valence-electron chi connectivity index (χ4n) is 4.11. The third-order valence-electron chi connectivity index (χ3n) is 6.21. The molecule has 188 valence electrons. The second kappa shape index (κ2) is 10.1. The maximum absolute atomic E-state index is 14.7. The van der Waals surface area contributed by atoms with Gasteiger partial charge in [-0.3, -0.25) is 10.3 Å². The van der Waals surface area contributed by atoms with Gasteiger partial charge in [0.2, 0.25) is 0 Å². The van der Waals surface area contributed by atoms with Gasteiger partial charge in [0.25, 0.3) is 0 Å². The summed E-state index contributed by atoms with van der Waals surface area (Å²) in [6, 6.07) is 1.79. The molecule has 1 amide bonds. The summed E-state index contributed by atoms with van der Waals surface area (Å²) >= 11 is 0. The molecule has 34 heavy (non-hydrogen) atoms. The lowest BCUT2D eigenvalue weighted by Gasteiger charge is -2.33. The van der Waals surface area contributed by atoms with Crippen LogP contribution in [-0.4, -0.2) is 63.0 Å². The van der Waals surface area contributed by atoms with Crippen molar-refractivity contribution in [3.63, 3.8) is 0 Å². The largest absolute Gasteiger partial charge is 0.447 e. The normalized spacial score (nSPS) is 19.9. The van der Waals surface area contributed by atoms with Crippen LogP contribution in [0.4, 0.5) is 19.3 Å². The summed E-state index contributed by atoms with van der Waals surface area (Å²) in [5, 5.41) is -0.597. The van der Waals surface area contributed by atoms with Gasteiger partial charge in [0.15, 0.2) is 9.84 Å². The molecule has 0 atom stereocenters. The molecule has 2 fully saturated rings. The zero-order valence-corrected chi connectivity index (χ0v) is 20.2. The van der Waals surface area contributed by atoms with Crippen LogP contribution in [0.2, 0.25) is 0 Å². The molecule has 1 aliphatic carbocycles. The molecular weight excluding hydrogens is 468 g/mol. The van der Waals surface area contributed by atoms with Crippen molar-refractivity contribution < 1.29 is 31.6 Å². The number of hydrogen-bond donors (Lipinski definition) is 1. The Balaban J connectivity index is 1.28. The summed E-state index contributed by atoms with van der Waals surface area (Å²) in [4.78, 5) is 20.5. The monoisotopic (exact) mass is 499 g/mol. The molecule has 2 heterocycles. The average molecular weight is 500 g/mol. The van der Waals surface area contributed by atoms with Crippen molar-refractivity contribution in [2.24, 2.45) is 0 Å². The first-order valence-corrected chi connectivity index (χ1v) is 13.2. The van der Waals surface area contributed by atoms with Gasteiger partial charge in [0.05, 0.1) is 23.1 Å². The number of rotatable bonds is 7. The van der Waals surface area contributed by atoms with E-state index in [9.17, 15) is 22.0 Å². The Kier molecular flexibility index (Phi) is 7.32. The van der Waals surface area contributed by atoms with E-state index in [1.165, 1.54) is 0 Å². The lowest BCUT2D eigenvalue weighted by Crippen LogP contribution is -2.43. The molecule has 0 unspecified atom stereocenters. The molecule has 11 heteroatoms. The van der Waals surface area contributed by atoms with E-state index in [1.54, 1.807) is 9.80 Å². The minimum atomic E-state index is -3.81. The minimum Gasteiger partial charge on any atom is -0.447 e. The van der Waals surface area contributed by atoms with Crippen LogP contribution < -0.4 is 10.4 Å². The number of carbonyl (C=O) groups excluding carboxylic acids is 1. The first kappa shape index (κ1) is 24.7. The van der Waals surface area contributed by atoms with E-state index in [4.69, 9.17) is 9.57 Å². The zero-order chi connectivity index (χ0) is 24.5. The van der Waals surface area contributed by atoms with Crippen LogP contribution in [-0.2, 0) is 19.4 Å². The van der Waals surface area contributed by atoms with Crippen molar-refractivity contribution in [3.8, 4) is 0 Å². The smallest absolute Gasteiger partial charge is 0.410 e. The molecule has 1 aromatic rings. The van der Waals surface area contributed by atoms with Crippen LogP contribution in [0.1, 0.15) is 46.0 Å². The fraction of sp³-hybridized carbons (Fsp3) is 0.609. The lowest BCUT2D eigenvalue weighted by atomic mass is 10.1. The van der Waals surface area contributed by atoms with Crippen molar-refractivity contribution in [3.05, 3.63) is 35.5 Å². The van der Waals surface area contributed by atoms with Gasteiger partial charge in [-0.2, -0.15) is 0 Å². The van der Waals surface area contributed by atoms with E-state index in [1.807, 2.05) is 19.9 Å². The standard InChI is InChI=1S/C23H31F2N3O5S/c1-15(2)32-23(29)28-11-7-17(8-12-28)33-26-16-5-9-27(10-6-16)21-13-20(25)22(14-19(21)24)34(30,31)18-3-4-18/h5,13-15,17-18,26H,3-4,6-12H2,1-2H3. The van der Waals surface area contributed by atoms with Gasteiger partial charge in [0, 0.05) is 44.4 Å². The van der Waals surface area contributed by atoms with E-state index in [2.05, 4.69) is 5.48 Å².